The predicted molar refractivity (Wildman–Crippen MR) is 142 cm³/mol. The van der Waals surface area contributed by atoms with Crippen LogP contribution in [0.1, 0.15) is 30.5 Å². The highest BCUT2D eigenvalue weighted by Gasteiger charge is 2.44. The third-order valence-corrected chi connectivity index (χ3v) is 6.98. The first kappa shape index (κ1) is 24.4. The molecule has 1 heterocycles. The summed E-state index contributed by atoms with van der Waals surface area (Å²) in [5, 5.41) is 7.00. The number of ketones is 1. The van der Waals surface area contributed by atoms with Gasteiger partial charge in [-0.05, 0) is 47.7 Å². The molecule has 7 heteroatoms. The Hall–Kier alpha value is -4.26. The van der Waals surface area contributed by atoms with E-state index in [4.69, 9.17) is 14.2 Å². The Kier molecular flexibility index (Phi) is 6.86. The van der Waals surface area contributed by atoms with E-state index < -0.39 is 17.9 Å². The molecule has 37 heavy (non-hydrogen) atoms. The summed E-state index contributed by atoms with van der Waals surface area (Å²) in [7, 11) is 2.92. The van der Waals surface area contributed by atoms with E-state index in [-0.39, 0.29) is 11.7 Å². The maximum absolute atomic E-state index is 13.8. The fraction of sp³-hybridized carbons (Fsp3) is 0.267. The molecule has 0 radical (unpaired) electrons. The van der Waals surface area contributed by atoms with E-state index in [9.17, 15) is 9.59 Å². The van der Waals surface area contributed by atoms with Gasteiger partial charge in [-0.1, -0.05) is 55.5 Å². The fourth-order valence-corrected chi connectivity index (χ4v) is 5.10. The molecule has 190 valence electrons. The monoisotopic (exact) mass is 498 g/mol. The predicted octanol–water partition coefficient (Wildman–Crippen LogP) is 5.51. The van der Waals surface area contributed by atoms with Gasteiger partial charge in [0.05, 0.1) is 31.6 Å². The summed E-state index contributed by atoms with van der Waals surface area (Å²) in [6, 6.07) is 22.9. The van der Waals surface area contributed by atoms with Crippen LogP contribution in [0.5, 0.6) is 11.5 Å². The Bertz CT molecular complexity index is 1350. The standard InChI is InChI=1S/C30H30N2O5/c1-18-15-23-27(29(33)26(18)30(34)36-3)28(32-22-12-8-7-11-21(22)31-23)20-13-14-24(25(16-20)35-2)37-17-19-9-5-4-6-10-19/h4-14,16,18,26,28,31-32H,15,17H2,1-3H3/t18-,26+,28+/m1/s1. The molecule has 0 spiro atoms. The maximum atomic E-state index is 13.8. The number of benzene rings is 3. The number of nitrogens with one attached hydrogen (secondary N) is 2. The third-order valence-electron chi connectivity index (χ3n) is 6.98. The van der Waals surface area contributed by atoms with Gasteiger partial charge in [-0.15, -0.1) is 0 Å². The number of carbonyl (C=O) groups excluding carboxylic acids is 2. The minimum Gasteiger partial charge on any atom is -0.493 e. The lowest BCUT2D eigenvalue weighted by molar-refractivity contribution is -0.151. The van der Waals surface area contributed by atoms with E-state index in [0.29, 0.717) is 30.1 Å². The van der Waals surface area contributed by atoms with Crippen molar-refractivity contribution in [1.29, 1.82) is 0 Å². The second-order valence-electron chi connectivity index (χ2n) is 9.37. The Morgan fingerprint density at radius 3 is 2.41 bits per heavy atom. The molecule has 3 aromatic rings. The quantitative estimate of drug-likeness (QED) is 0.343. The average molecular weight is 499 g/mol. The number of ether oxygens (including phenoxy) is 3. The lowest BCUT2D eigenvalue weighted by atomic mass is 9.75. The van der Waals surface area contributed by atoms with Crippen molar-refractivity contribution < 1.29 is 23.8 Å². The van der Waals surface area contributed by atoms with Crippen LogP contribution in [-0.2, 0) is 20.9 Å². The lowest BCUT2D eigenvalue weighted by Crippen LogP contribution is -2.39. The van der Waals surface area contributed by atoms with Gasteiger partial charge >= 0.3 is 5.97 Å². The first-order valence-corrected chi connectivity index (χ1v) is 12.3. The number of hydrogen-bond donors (Lipinski definition) is 2. The van der Waals surface area contributed by atoms with E-state index in [1.54, 1.807) is 7.11 Å². The summed E-state index contributed by atoms with van der Waals surface area (Å²) in [5.74, 6) is -0.628. The Morgan fingerprint density at radius 2 is 1.68 bits per heavy atom. The molecule has 3 aromatic carbocycles. The molecule has 1 aliphatic carbocycles. The zero-order chi connectivity index (χ0) is 25.9. The molecule has 0 fully saturated rings. The third kappa shape index (κ3) is 4.77. The fourth-order valence-electron chi connectivity index (χ4n) is 5.10. The van der Waals surface area contributed by atoms with Gasteiger partial charge in [0.2, 0.25) is 0 Å². The SMILES string of the molecule is COC(=O)[C@@H]1C(=O)C2=C(C[C@H]1C)Nc1ccccc1N[C@H]2c1ccc(OCc2ccccc2)c(OC)c1. The number of anilines is 2. The normalized spacial score (nSPS) is 20.5. The number of hydrogen-bond acceptors (Lipinski definition) is 7. The van der Waals surface area contributed by atoms with E-state index in [0.717, 1.165) is 28.2 Å². The van der Waals surface area contributed by atoms with Gasteiger partial charge in [0, 0.05) is 11.3 Å². The zero-order valence-corrected chi connectivity index (χ0v) is 21.1. The van der Waals surface area contributed by atoms with Crippen molar-refractivity contribution in [3.8, 4) is 11.5 Å². The lowest BCUT2D eigenvalue weighted by Gasteiger charge is -2.32. The van der Waals surface area contributed by atoms with E-state index in [1.165, 1.54) is 7.11 Å². The van der Waals surface area contributed by atoms with Crippen LogP contribution in [0, 0.1) is 11.8 Å². The highest BCUT2D eigenvalue weighted by molar-refractivity contribution is 6.11. The van der Waals surface area contributed by atoms with Crippen LogP contribution in [0.15, 0.2) is 84.1 Å². The second-order valence-corrected chi connectivity index (χ2v) is 9.37. The van der Waals surface area contributed by atoms with Gasteiger partial charge in [-0.3, -0.25) is 9.59 Å². The summed E-state index contributed by atoms with van der Waals surface area (Å²) in [6.07, 6.45) is 0.544. The van der Waals surface area contributed by atoms with Crippen LogP contribution >= 0.6 is 0 Å². The molecule has 3 atom stereocenters. The number of rotatable bonds is 6. The van der Waals surface area contributed by atoms with Crippen LogP contribution < -0.4 is 20.1 Å². The Labute approximate surface area is 216 Å². The van der Waals surface area contributed by atoms with Crippen molar-refractivity contribution in [1.82, 2.24) is 0 Å². The van der Waals surface area contributed by atoms with E-state index in [2.05, 4.69) is 10.6 Å². The number of esters is 1. The van der Waals surface area contributed by atoms with Gasteiger partial charge in [0.15, 0.2) is 17.3 Å². The molecule has 2 N–H and O–H groups in total. The molecule has 7 nitrogen and oxygen atoms in total. The molecule has 2 aliphatic rings. The van der Waals surface area contributed by atoms with E-state index in [1.807, 2.05) is 79.7 Å². The van der Waals surface area contributed by atoms with Crippen molar-refractivity contribution in [2.75, 3.05) is 24.9 Å². The van der Waals surface area contributed by atoms with Crippen LogP contribution in [0.4, 0.5) is 11.4 Å². The van der Waals surface area contributed by atoms with Crippen molar-refractivity contribution in [2.24, 2.45) is 11.8 Å². The zero-order valence-electron chi connectivity index (χ0n) is 21.1. The highest BCUT2D eigenvalue weighted by atomic mass is 16.5. The van der Waals surface area contributed by atoms with Crippen LogP contribution in [0.2, 0.25) is 0 Å². The minimum absolute atomic E-state index is 0.194. The first-order chi connectivity index (χ1) is 18.0. The van der Waals surface area contributed by atoms with Crippen molar-refractivity contribution in [2.45, 2.75) is 26.0 Å². The molecule has 0 aromatic heterocycles. The van der Waals surface area contributed by atoms with Crippen molar-refractivity contribution in [3.63, 3.8) is 0 Å². The summed E-state index contributed by atoms with van der Waals surface area (Å²) in [4.78, 5) is 26.4. The molecule has 0 unspecified atom stereocenters. The maximum Gasteiger partial charge on any atom is 0.316 e. The van der Waals surface area contributed by atoms with Gasteiger partial charge in [-0.2, -0.15) is 0 Å². The molecule has 0 saturated heterocycles. The Morgan fingerprint density at radius 1 is 0.946 bits per heavy atom. The number of allylic oxidation sites excluding steroid dienone is 1. The molecule has 0 amide bonds. The topological polar surface area (TPSA) is 85.9 Å². The first-order valence-electron chi connectivity index (χ1n) is 12.3. The molecule has 0 bridgehead atoms. The van der Waals surface area contributed by atoms with Crippen molar-refractivity contribution >= 4 is 23.1 Å². The molecular formula is C30H30N2O5. The number of methoxy groups -OCH3 is 2. The Balaban J connectivity index is 1.54. The summed E-state index contributed by atoms with van der Waals surface area (Å²) in [6.45, 7) is 2.31. The summed E-state index contributed by atoms with van der Waals surface area (Å²) < 4.78 is 16.7. The number of Topliss-reactive ketones (excluding diaryl/α,β-unsaturated/α-hetero) is 1. The summed E-state index contributed by atoms with van der Waals surface area (Å²) >= 11 is 0. The van der Waals surface area contributed by atoms with Crippen LogP contribution in [0.3, 0.4) is 0 Å². The average Bonchev–Trinajstić information content (AvgIpc) is 3.09. The largest absolute Gasteiger partial charge is 0.493 e. The van der Waals surface area contributed by atoms with Crippen LogP contribution in [0.25, 0.3) is 0 Å². The van der Waals surface area contributed by atoms with Crippen LogP contribution in [-0.4, -0.2) is 26.0 Å². The number of para-hydroxylation sites is 2. The van der Waals surface area contributed by atoms with Crippen molar-refractivity contribution in [3.05, 3.63) is 95.2 Å². The summed E-state index contributed by atoms with van der Waals surface area (Å²) in [5.41, 5.74) is 4.95. The molecule has 1 aliphatic heterocycles. The highest BCUT2D eigenvalue weighted by Crippen LogP contribution is 2.45. The van der Waals surface area contributed by atoms with E-state index >= 15 is 0 Å². The minimum atomic E-state index is -0.855. The smallest absolute Gasteiger partial charge is 0.316 e. The second kappa shape index (κ2) is 10.4. The molecule has 5 rings (SSSR count). The van der Waals surface area contributed by atoms with Gasteiger partial charge in [0.25, 0.3) is 0 Å². The van der Waals surface area contributed by atoms with Gasteiger partial charge in [-0.25, -0.2) is 0 Å². The van der Waals surface area contributed by atoms with Gasteiger partial charge < -0.3 is 24.8 Å². The molecule has 0 saturated carbocycles. The number of carbonyl (C=O) groups is 2. The molecular weight excluding hydrogens is 468 g/mol. The number of fused-ring (bicyclic) bond motifs is 1. The van der Waals surface area contributed by atoms with Gasteiger partial charge in [0.1, 0.15) is 12.5 Å².